The highest BCUT2D eigenvalue weighted by Crippen LogP contribution is 2.35. The number of aliphatic hydroxyl groups excluding tert-OH is 2. The number of pyridine rings is 2. The minimum absolute atomic E-state index is 0.569. The molecule has 0 saturated heterocycles. The van der Waals surface area contributed by atoms with E-state index in [-0.39, 0.29) is 0 Å². The van der Waals surface area contributed by atoms with Gasteiger partial charge in [-0.05, 0) is 24.3 Å². The van der Waals surface area contributed by atoms with Crippen molar-refractivity contribution in [2.45, 2.75) is 6.10 Å². The topological polar surface area (TPSA) is 133 Å². The summed E-state index contributed by atoms with van der Waals surface area (Å²) in [5, 5.41) is 16.7. The molecular formula is C13H19N2O6P. The van der Waals surface area contributed by atoms with Crippen LogP contribution in [0.4, 0.5) is 0 Å². The van der Waals surface area contributed by atoms with Crippen LogP contribution in [0, 0.1) is 0 Å². The number of aliphatic hydroxyl groups is 2. The van der Waals surface area contributed by atoms with Gasteiger partial charge in [0.15, 0.2) is 0 Å². The maximum Gasteiger partial charge on any atom is 0.469 e. The van der Waals surface area contributed by atoms with Gasteiger partial charge in [0.05, 0.1) is 13.2 Å². The molecule has 0 spiro atoms. The predicted molar refractivity (Wildman–Crippen MR) is 79.6 cm³/mol. The van der Waals surface area contributed by atoms with Crippen LogP contribution >= 0.6 is 7.82 Å². The average molecular weight is 330 g/mol. The molecule has 0 radical (unpaired) electrons. The molecule has 0 amide bonds. The third-order valence-corrected chi connectivity index (χ3v) is 2.26. The van der Waals surface area contributed by atoms with E-state index in [4.69, 9.17) is 20.0 Å². The molecule has 9 heteroatoms. The van der Waals surface area contributed by atoms with Crippen LogP contribution in [0.15, 0.2) is 61.2 Å². The second-order valence-electron chi connectivity index (χ2n) is 3.67. The van der Waals surface area contributed by atoms with Gasteiger partial charge in [0, 0.05) is 24.8 Å². The van der Waals surface area contributed by atoms with Crippen LogP contribution in [-0.4, -0.2) is 49.3 Å². The first-order chi connectivity index (χ1) is 10.5. The predicted octanol–water partition coefficient (Wildman–Crippen LogP) is 0.612. The number of phosphoric ester groups is 1. The third kappa shape index (κ3) is 16.4. The number of phosphoric acid groups is 1. The van der Waals surface area contributed by atoms with Gasteiger partial charge in [0.2, 0.25) is 0 Å². The lowest BCUT2D eigenvalue weighted by Crippen LogP contribution is -2.18. The van der Waals surface area contributed by atoms with Gasteiger partial charge in [-0.15, -0.1) is 0 Å². The second-order valence-corrected chi connectivity index (χ2v) is 4.91. The van der Waals surface area contributed by atoms with Crippen molar-refractivity contribution in [3.63, 3.8) is 0 Å². The second kappa shape index (κ2) is 13.0. The lowest BCUT2D eigenvalue weighted by atomic mass is 10.4. The molecular weight excluding hydrogens is 311 g/mol. The van der Waals surface area contributed by atoms with Crippen molar-refractivity contribution in [3.05, 3.63) is 61.2 Å². The maximum absolute atomic E-state index is 9.93. The highest BCUT2D eigenvalue weighted by Gasteiger charge is 2.15. The van der Waals surface area contributed by atoms with Gasteiger partial charge in [-0.3, -0.25) is 14.5 Å². The number of rotatable bonds is 4. The minimum atomic E-state index is -4.50. The lowest BCUT2D eigenvalue weighted by molar-refractivity contribution is 0.0419. The van der Waals surface area contributed by atoms with E-state index in [0.29, 0.717) is 0 Å². The fourth-order valence-electron chi connectivity index (χ4n) is 0.861. The summed E-state index contributed by atoms with van der Waals surface area (Å²) in [5.74, 6) is 0. The van der Waals surface area contributed by atoms with Crippen molar-refractivity contribution >= 4 is 7.82 Å². The molecule has 1 atom stereocenters. The summed E-state index contributed by atoms with van der Waals surface area (Å²) in [6.07, 6.45) is 5.76. The summed E-state index contributed by atoms with van der Waals surface area (Å²) < 4.78 is 13.8. The zero-order valence-corrected chi connectivity index (χ0v) is 12.6. The monoisotopic (exact) mass is 330 g/mol. The van der Waals surface area contributed by atoms with E-state index < -0.39 is 27.1 Å². The molecule has 0 aliphatic heterocycles. The number of hydrogen-bond donors (Lipinski definition) is 4. The van der Waals surface area contributed by atoms with Gasteiger partial charge in [-0.1, -0.05) is 12.1 Å². The van der Waals surface area contributed by atoms with Crippen LogP contribution in [0.5, 0.6) is 0 Å². The summed E-state index contributed by atoms with van der Waals surface area (Å²) in [6.45, 7) is -1.15. The van der Waals surface area contributed by atoms with Crippen molar-refractivity contribution in [1.29, 1.82) is 0 Å². The van der Waals surface area contributed by atoms with Gasteiger partial charge in [0.25, 0.3) is 0 Å². The van der Waals surface area contributed by atoms with Gasteiger partial charge in [-0.25, -0.2) is 4.57 Å². The molecule has 0 aromatic carbocycles. The number of aromatic nitrogens is 2. The standard InChI is InChI=1S/2C5H5N.C3H9O6P/c2*1-2-4-6-5-3-1;4-1-3(5)2-9-10(6,7)8/h2*1-5H;3-5H,1-2H2,(H2,6,7,8)/t;;3-/m..1/s1. The lowest BCUT2D eigenvalue weighted by Gasteiger charge is -2.07. The molecule has 22 heavy (non-hydrogen) atoms. The van der Waals surface area contributed by atoms with Crippen molar-refractivity contribution in [2.75, 3.05) is 13.2 Å². The Morgan fingerprint density at radius 2 is 1.32 bits per heavy atom. The normalized spacial score (nSPS) is 11.3. The summed E-state index contributed by atoms with van der Waals surface area (Å²) in [4.78, 5) is 23.7. The fraction of sp³-hybridized carbons (Fsp3) is 0.231. The first-order valence-electron chi connectivity index (χ1n) is 6.14. The number of hydrogen-bond acceptors (Lipinski definition) is 6. The Kier molecular flexibility index (Phi) is 12.0. The molecule has 0 unspecified atom stereocenters. The molecule has 2 aromatic rings. The van der Waals surface area contributed by atoms with Crippen LogP contribution in [0.3, 0.4) is 0 Å². The van der Waals surface area contributed by atoms with Gasteiger partial charge in [-0.2, -0.15) is 0 Å². The van der Waals surface area contributed by atoms with Crippen LogP contribution in [0.1, 0.15) is 0 Å². The van der Waals surface area contributed by atoms with Gasteiger partial charge in [0.1, 0.15) is 6.10 Å². The third-order valence-electron chi connectivity index (χ3n) is 1.78. The van der Waals surface area contributed by atoms with E-state index in [1.165, 1.54) is 0 Å². The van der Waals surface area contributed by atoms with Crippen molar-refractivity contribution < 1.29 is 29.1 Å². The SMILES string of the molecule is O=P(O)(O)OC[C@H](O)CO.c1ccncc1.c1ccncc1. The Labute approximate surface area is 128 Å². The molecule has 0 bridgehead atoms. The van der Waals surface area contributed by atoms with Crippen LogP contribution in [-0.2, 0) is 9.09 Å². The highest BCUT2D eigenvalue weighted by atomic mass is 31.2. The zero-order valence-electron chi connectivity index (χ0n) is 11.7. The van der Waals surface area contributed by atoms with Crippen molar-refractivity contribution in [1.82, 2.24) is 9.97 Å². The summed E-state index contributed by atoms with van der Waals surface area (Å²) in [6, 6.07) is 11.4. The molecule has 2 aromatic heterocycles. The molecule has 0 saturated carbocycles. The van der Waals surface area contributed by atoms with Crippen LogP contribution in [0.25, 0.3) is 0 Å². The van der Waals surface area contributed by atoms with Crippen LogP contribution in [0.2, 0.25) is 0 Å². The van der Waals surface area contributed by atoms with E-state index in [1.807, 2.05) is 36.4 Å². The first-order valence-corrected chi connectivity index (χ1v) is 7.67. The van der Waals surface area contributed by atoms with Gasteiger partial charge >= 0.3 is 7.82 Å². The Morgan fingerprint density at radius 1 is 0.909 bits per heavy atom. The Morgan fingerprint density at radius 3 is 1.50 bits per heavy atom. The molecule has 4 N–H and O–H groups in total. The Hall–Kier alpha value is -1.67. The van der Waals surface area contributed by atoms with Crippen LogP contribution < -0.4 is 0 Å². The minimum Gasteiger partial charge on any atom is -0.394 e. The molecule has 0 aliphatic rings. The van der Waals surface area contributed by atoms with E-state index in [9.17, 15) is 4.57 Å². The number of nitrogens with zero attached hydrogens (tertiary/aromatic N) is 2. The molecule has 2 rings (SSSR count). The van der Waals surface area contributed by atoms with Crippen molar-refractivity contribution in [3.8, 4) is 0 Å². The Balaban J connectivity index is 0.000000315. The fourth-order valence-corrected chi connectivity index (χ4v) is 1.23. The summed E-state index contributed by atoms with van der Waals surface area (Å²) in [5.41, 5.74) is 0. The van der Waals surface area contributed by atoms with E-state index in [0.717, 1.165) is 0 Å². The van der Waals surface area contributed by atoms with E-state index in [1.54, 1.807) is 24.8 Å². The average Bonchev–Trinajstić information content (AvgIpc) is 2.56. The molecule has 2 heterocycles. The van der Waals surface area contributed by atoms with Crippen molar-refractivity contribution in [2.24, 2.45) is 0 Å². The zero-order chi connectivity index (χ0) is 16.7. The highest BCUT2D eigenvalue weighted by molar-refractivity contribution is 7.46. The quantitative estimate of drug-likeness (QED) is 0.599. The Bertz CT molecular complexity index is 411. The van der Waals surface area contributed by atoms with E-state index >= 15 is 0 Å². The smallest absolute Gasteiger partial charge is 0.394 e. The molecule has 8 nitrogen and oxygen atoms in total. The molecule has 122 valence electrons. The molecule has 0 aliphatic carbocycles. The summed E-state index contributed by atoms with van der Waals surface area (Å²) in [7, 11) is -4.50. The van der Waals surface area contributed by atoms with Gasteiger partial charge < -0.3 is 20.0 Å². The molecule has 0 fully saturated rings. The summed E-state index contributed by atoms with van der Waals surface area (Å²) >= 11 is 0. The first kappa shape index (κ1) is 20.3. The maximum atomic E-state index is 9.93. The largest absolute Gasteiger partial charge is 0.469 e. The van der Waals surface area contributed by atoms with E-state index in [2.05, 4.69) is 14.5 Å².